The van der Waals surface area contributed by atoms with E-state index in [-0.39, 0.29) is 5.91 Å². The molecule has 0 saturated carbocycles. The first-order valence-corrected chi connectivity index (χ1v) is 7.24. The Morgan fingerprint density at radius 2 is 1.59 bits per heavy atom. The van der Waals surface area contributed by atoms with Gasteiger partial charge in [-0.2, -0.15) is 0 Å². The number of ether oxygens (including phenoxy) is 1. The molecule has 0 aliphatic carbocycles. The standard InChI is InChI=1S/C19H17NO2/c1-14(19(21)20-17-9-3-2-4-10-17)22-18-12-11-15-7-5-6-8-16(15)13-18/h2-14H,1H3,(H,20,21). The highest BCUT2D eigenvalue weighted by Gasteiger charge is 2.14. The van der Waals surface area contributed by atoms with E-state index in [1.807, 2.05) is 72.8 Å². The monoisotopic (exact) mass is 291 g/mol. The Hall–Kier alpha value is -2.81. The first-order chi connectivity index (χ1) is 10.7. The fraction of sp³-hybridized carbons (Fsp3) is 0.105. The molecule has 110 valence electrons. The van der Waals surface area contributed by atoms with Gasteiger partial charge in [-0.15, -0.1) is 0 Å². The van der Waals surface area contributed by atoms with Gasteiger partial charge in [-0.3, -0.25) is 4.79 Å². The van der Waals surface area contributed by atoms with Crippen molar-refractivity contribution in [3.8, 4) is 5.75 Å². The van der Waals surface area contributed by atoms with E-state index >= 15 is 0 Å². The molecule has 1 atom stereocenters. The minimum Gasteiger partial charge on any atom is -0.481 e. The Morgan fingerprint density at radius 3 is 2.36 bits per heavy atom. The van der Waals surface area contributed by atoms with Gasteiger partial charge in [0, 0.05) is 5.69 Å². The zero-order valence-corrected chi connectivity index (χ0v) is 12.3. The van der Waals surface area contributed by atoms with Gasteiger partial charge in [0.2, 0.25) is 0 Å². The summed E-state index contributed by atoms with van der Waals surface area (Å²) in [6.45, 7) is 1.74. The van der Waals surface area contributed by atoms with Gasteiger partial charge in [0.05, 0.1) is 0 Å². The molecule has 0 saturated heterocycles. The molecule has 0 radical (unpaired) electrons. The molecule has 1 unspecified atom stereocenters. The molecule has 3 rings (SSSR count). The summed E-state index contributed by atoms with van der Waals surface area (Å²) in [5.41, 5.74) is 0.765. The van der Waals surface area contributed by atoms with Crippen molar-refractivity contribution in [2.24, 2.45) is 0 Å². The van der Waals surface area contributed by atoms with E-state index in [0.29, 0.717) is 5.75 Å². The Bertz CT molecular complexity index is 784. The lowest BCUT2D eigenvalue weighted by atomic mass is 10.1. The average Bonchev–Trinajstić information content (AvgIpc) is 2.55. The van der Waals surface area contributed by atoms with E-state index in [1.54, 1.807) is 6.92 Å². The van der Waals surface area contributed by atoms with Crippen LogP contribution in [0.4, 0.5) is 5.69 Å². The maximum absolute atomic E-state index is 12.1. The first kappa shape index (κ1) is 14.1. The number of hydrogen-bond acceptors (Lipinski definition) is 2. The molecular weight excluding hydrogens is 274 g/mol. The summed E-state index contributed by atoms with van der Waals surface area (Å²) in [4.78, 5) is 12.1. The van der Waals surface area contributed by atoms with Crippen molar-refractivity contribution in [2.75, 3.05) is 5.32 Å². The van der Waals surface area contributed by atoms with Crippen LogP contribution in [0.1, 0.15) is 6.92 Å². The van der Waals surface area contributed by atoms with Crippen LogP contribution in [0.15, 0.2) is 72.8 Å². The fourth-order valence-electron chi connectivity index (χ4n) is 2.26. The molecule has 0 aliphatic heterocycles. The van der Waals surface area contributed by atoms with Gasteiger partial charge < -0.3 is 10.1 Å². The number of benzene rings is 3. The van der Waals surface area contributed by atoms with Crippen LogP contribution < -0.4 is 10.1 Å². The van der Waals surface area contributed by atoms with Crippen molar-refractivity contribution >= 4 is 22.4 Å². The lowest BCUT2D eigenvalue weighted by Crippen LogP contribution is -2.30. The molecular formula is C19H17NO2. The minimum absolute atomic E-state index is 0.167. The number of carbonyl (C=O) groups excluding carboxylic acids is 1. The van der Waals surface area contributed by atoms with E-state index < -0.39 is 6.10 Å². The Balaban J connectivity index is 1.69. The van der Waals surface area contributed by atoms with Gasteiger partial charge in [0.15, 0.2) is 6.10 Å². The van der Waals surface area contributed by atoms with Gasteiger partial charge in [-0.05, 0) is 42.0 Å². The third-order valence-corrected chi connectivity index (χ3v) is 3.44. The second-order valence-electron chi connectivity index (χ2n) is 5.12. The predicted octanol–water partition coefficient (Wildman–Crippen LogP) is 4.25. The lowest BCUT2D eigenvalue weighted by molar-refractivity contribution is -0.122. The molecule has 0 aromatic heterocycles. The van der Waals surface area contributed by atoms with Crippen LogP contribution in [0.3, 0.4) is 0 Å². The first-order valence-electron chi connectivity index (χ1n) is 7.24. The summed E-state index contributed by atoms with van der Waals surface area (Å²) in [5.74, 6) is 0.522. The third kappa shape index (κ3) is 3.26. The van der Waals surface area contributed by atoms with Crippen LogP contribution in [0.2, 0.25) is 0 Å². The summed E-state index contributed by atoms with van der Waals surface area (Å²) in [6.07, 6.45) is -0.568. The van der Waals surface area contributed by atoms with Crippen molar-refractivity contribution in [3.05, 3.63) is 72.8 Å². The van der Waals surface area contributed by atoms with E-state index in [2.05, 4.69) is 5.32 Å². The van der Waals surface area contributed by atoms with Gasteiger partial charge in [0.25, 0.3) is 5.91 Å². The summed E-state index contributed by atoms with van der Waals surface area (Å²) in [5, 5.41) is 5.08. The molecule has 3 heteroatoms. The van der Waals surface area contributed by atoms with Crippen molar-refractivity contribution in [1.29, 1.82) is 0 Å². The molecule has 3 nitrogen and oxygen atoms in total. The Labute approximate surface area is 129 Å². The molecule has 0 spiro atoms. The van der Waals surface area contributed by atoms with Crippen molar-refractivity contribution in [2.45, 2.75) is 13.0 Å². The summed E-state index contributed by atoms with van der Waals surface area (Å²) >= 11 is 0. The van der Waals surface area contributed by atoms with Crippen molar-refractivity contribution in [3.63, 3.8) is 0 Å². The van der Waals surface area contributed by atoms with Crippen LogP contribution in [-0.2, 0) is 4.79 Å². The summed E-state index contributed by atoms with van der Waals surface area (Å²) < 4.78 is 5.74. The normalized spacial score (nSPS) is 11.9. The molecule has 22 heavy (non-hydrogen) atoms. The topological polar surface area (TPSA) is 38.3 Å². The maximum Gasteiger partial charge on any atom is 0.265 e. The van der Waals surface area contributed by atoms with Crippen LogP contribution in [0.5, 0.6) is 5.75 Å². The average molecular weight is 291 g/mol. The molecule has 0 fully saturated rings. The van der Waals surface area contributed by atoms with Crippen LogP contribution >= 0.6 is 0 Å². The molecule has 0 aliphatic rings. The second-order valence-corrected chi connectivity index (χ2v) is 5.12. The number of fused-ring (bicyclic) bond motifs is 1. The number of rotatable bonds is 4. The smallest absolute Gasteiger partial charge is 0.265 e. The predicted molar refractivity (Wildman–Crippen MR) is 89.1 cm³/mol. The van der Waals surface area contributed by atoms with Crippen LogP contribution in [0, 0.1) is 0 Å². The largest absolute Gasteiger partial charge is 0.481 e. The molecule has 1 amide bonds. The molecule has 3 aromatic carbocycles. The second kappa shape index (κ2) is 6.31. The van der Waals surface area contributed by atoms with Crippen molar-refractivity contribution < 1.29 is 9.53 Å². The summed E-state index contributed by atoms with van der Waals surface area (Å²) in [7, 11) is 0. The third-order valence-electron chi connectivity index (χ3n) is 3.44. The van der Waals surface area contributed by atoms with E-state index in [1.165, 1.54) is 0 Å². The molecule has 0 heterocycles. The summed E-state index contributed by atoms with van der Waals surface area (Å²) in [6, 6.07) is 23.2. The number of carbonyl (C=O) groups is 1. The van der Waals surface area contributed by atoms with Gasteiger partial charge in [0.1, 0.15) is 5.75 Å². The molecule has 1 N–H and O–H groups in total. The number of nitrogens with one attached hydrogen (secondary N) is 1. The van der Waals surface area contributed by atoms with Crippen LogP contribution in [-0.4, -0.2) is 12.0 Å². The lowest BCUT2D eigenvalue weighted by Gasteiger charge is -2.15. The van der Waals surface area contributed by atoms with Crippen LogP contribution in [0.25, 0.3) is 10.8 Å². The number of para-hydroxylation sites is 1. The van der Waals surface area contributed by atoms with E-state index in [9.17, 15) is 4.79 Å². The zero-order valence-electron chi connectivity index (χ0n) is 12.3. The maximum atomic E-state index is 12.1. The number of hydrogen-bond donors (Lipinski definition) is 1. The fourth-order valence-corrected chi connectivity index (χ4v) is 2.26. The van der Waals surface area contributed by atoms with Gasteiger partial charge >= 0.3 is 0 Å². The number of anilines is 1. The quantitative estimate of drug-likeness (QED) is 0.780. The Morgan fingerprint density at radius 1 is 0.909 bits per heavy atom. The van der Waals surface area contributed by atoms with E-state index in [4.69, 9.17) is 4.74 Å². The highest BCUT2D eigenvalue weighted by atomic mass is 16.5. The van der Waals surface area contributed by atoms with Gasteiger partial charge in [-0.25, -0.2) is 0 Å². The molecule has 0 bridgehead atoms. The highest BCUT2D eigenvalue weighted by molar-refractivity contribution is 5.94. The molecule has 3 aromatic rings. The highest BCUT2D eigenvalue weighted by Crippen LogP contribution is 2.21. The van der Waals surface area contributed by atoms with Gasteiger partial charge in [-0.1, -0.05) is 48.5 Å². The number of amides is 1. The zero-order chi connectivity index (χ0) is 15.4. The van der Waals surface area contributed by atoms with Crippen molar-refractivity contribution in [1.82, 2.24) is 0 Å². The minimum atomic E-state index is -0.568. The Kier molecular flexibility index (Phi) is 4.05. The van der Waals surface area contributed by atoms with E-state index in [0.717, 1.165) is 16.5 Å². The SMILES string of the molecule is CC(Oc1ccc2ccccc2c1)C(=O)Nc1ccccc1.